The highest BCUT2D eigenvalue weighted by molar-refractivity contribution is 6.39. The van der Waals surface area contributed by atoms with E-state index in [2.05, 4.69) is 66.0 Å². The summed E-state index contributed by atoms with van der Waals surface area (Å²) in [6.45, 7) is 16.3. The van der Waals surface area contributed by atoms with Gasteiger partial charge in [0.1, 0.15) is 24.0 Å². The Morgan fingerprint density at radius 3 is 2.45 bits per heavy atom. The number of benzene rings is 1. The molecular weight excluding hydrogens is 851 g/mol. The first kappa shape index (κ1) is 52.2. The SMILES string of the molecule is C=CCOC1CC(C=C(C)C2OC(=O)C3CCCCN3C(=O)C(=O)C3(O)OC(C(OC)CC(C)C/C(C)=C/C(CC)C(=O)CCC2C)C(OC)CC3C)CCC1Nc1ccc2c(ccn2C)c1. The topological polar surface area (TPSA) is 155 Å². The molecule has 370 valence electrons. The van der Waals surface area contributed by atoms with Crippen LogP contribution < -0.4 is 5.32 Å². The molecule has 1 saturated carbocycles. The maximum Gasteiger partial charge on any atom is 0.329 e. The average molecular weight is 930 g/mol. The van der Waals surface area contributed by atoms with E-state index in [1.54, 1.807) is 27.2 Å². The van der Waals surface area contributed by atoms with Gasteiger partial charge in [0.25, 0.3) is 11.7 Å². The second-order valence-electron chi connectivity index (χ2n) is 20.3. The molecule has 3 fully saturated rings. The van der Waals surface area contributed by atoms with Gasteiger partial charge in [-0.1, -0.05) is 51.5 Å². The first-order valence-electron chi connectivity index (χ1n) is 25.0. The van der Waals surface area contributed by atoms with Crippen LogP contribution in [-0.4, -0.2) is 114 Å². The van der Waals surface area contributed by atoms with Gasteiger partial charge >= 0.3 is 5.97 Å². The lowest BCUT2D eigenvalue weighted by atomic mass is 9.81. The minimum Gasteiger partial charge on any atom is -0.456 e. The molecule has 1 aromatic heterocycles. The number of aliphatic hydroxyl groups is 1. The van der Waals surface area contributed by atoms with Crippen LogP contribution in [0.1, 0.15) is 119 Å². The summed E-state index contributed by atoms with van der Waals surface area (Å²) in [5.41, 5.74) is 4.16. The van der Waals surface area contributed by atoms with E-state index in [0.717, 1.165) is 36.1 Å². The highest BCUT2D eigenvalue weighted by Gasteiger charge is 2.56. The lowest BCUT2D eigenvalue weighted by Crippen LogP contribution is -2.64. The van der Waals surface area contributed by atoms with E-state index in [1.165, 1.54) is 15.8 Å². The molecule has 2 aromatic rings. The van der Waals surface area contributed by atoms with E-state index in [0.29, 0.717) is 58.0 Å². The zero-order chi connectivity index (χ0) is 48.6. The summed E-state index contributed by atoms with van der Waals surface area (Å²) in [6, 6.07) is 7.55. The Labute approximate surface area is 399 Å². The Balaban J connectivity index is 1.29. The van der Waals surface area contributed by atoms with Crippen molar-refractivity contribution in [3.05, 3.63) is 66.4 Å². The molecule has 0 spiro atoms. The first-order valence-corrected chi connectivity index (χ1v) is 25.0. The number of carbonyl (C=O) groups excluding carboxylic acids is 4. The Morgan fingerprint density at radius 1 is 0.985 bits per heavy atom. The van der Waals surface area contributed by atoms with E-state index in [9.17, 15) is 24.3 Å². The van der Waals surface area contributed by atoms with Gasteiger partial charge < -0.3 is 43.6 Å². The number of rotatable bonds is 10. The smallest absolute Gasteiger partial charge is 0.329 e. The van der Waals surface area contributed by atoms with Crippen LogP contribution in [0.25, 0.3) is 10.9 Å². The minimum atomic E-state index is -2.47. The predicted molar refractivity (Wildman–Crippen MR) is 260 cm³/mol. The van der Waals surface area contributed by atoms with Crippen molar-refractivity contribution in [3.63, 3.8) is 0 Å². The summed E-state index contributed by atoms with van der Waals surface area (Å²) in [5, 5.41) is 17.1. The number of amides is 1. The second-order valence-corrected chi connectivity index (χ2v) is 20.3. The largest absolute Gasteiger partial charge is 0.456 e. The number of hydrogen-bond acceptors (Lipinski definition) is 11. The fourth-order valence-corrected chi connectivity index (χ4v) is 11.3. The van der Waals surface area contributed by atoms with Crippen LogP contribution in [0.2, 0.25) is 0 Å². The number of allylic oxidation sites excluding steroid dienone is 3. The number of aromatic nitrogens is 1. The number of piperidine rings is 1. The van der Waals surface area contributed by atoms with Crippen LogP contribution in [0.5, 0.6) is 0 Å². The molecule has 6 rings (SSSR count). The fraction of sp³-hybridized carbons (Fsp3) is 0.667. The van der Waals surface area contributed by atoms with E-state index >= 15 is 0 Å². The molecule has 2 N–H and O–H groups in total. The third kappa shape index (κ3) is 12.4. The van der Waals surface area contributed by atoms with E-state index < -0.39 is 59.8 Å². The molecule has 2 bridgehead atoms. The Bertz CT molecular complexity index is 2110. The molecule has 13 unspecified atom stereocenters. The molecule has 1 aromatic carbocycles. The highest BCUT2D eigenvalue weighted by Crippen LogP contribution is 2.40. The van der Waals surface area contributed by atoms with Crippen molar-refractivity contribution in [2.75, 3.05) is 32.7 Å². The maximum atomic E-state index is 14.6. The zero-order valence-electron chi connectivity index (χ0n) is 41.7. The number of ether oxygens (including phenoxy) is 5. The number of nitrogens with one attached hydrogen (secondary N) is 1. The normalized spacial score (nSPS) is 35.5. The number of anilines is 1. The number of esters is 1. The molecule has 13 heteroatoms. The average Bonchev–Trinajstić information content (AvgIpc) is 3.69. The number of ketones is 2. The highest BCUT2D eigenvalue weighted by atomic mass is 16.7. The van der Waals surface area contributed by atoms with Crippen LogP contribution in [0.3, 0.4) is 0 Å². The van der Waals surface area contributed by atoms with Crippen molar-refractivity contribution >= 4 is 40.0 Å². The predicted octanol–water partition coefficient (Wildman–Crippen LogP) is 8.67. The monoisotopic (exact) mass is 930 g/mol. The standard InChI is InChI=1S/C54H79N3O10/c1-11-25-65-46-31-38(17-19-42(46)55-41-18-20-43-40(32-41)22-24-56(43)8)29-36(6)49-35(5)16-21-45(58)39(12-2)27-33(3)26-34(4)28-47(63-9)50-48(64-10)30-37(7)54(62,67-50)51(59)52(60)57-23-14-13-15-44(57)53(61)66-49/h11,18,20,22,24,27,29,32,34-35,37-39,42,44,46-50,55,62H,1,12-17,19,21,23,25-26,28,30-31H2,2-10H3/b33-27+,36-29?. The van der Waals surface area contributed by atoms with E-state index in [-0.39, 0.29) is 54.6 Å². The summed E-state index contributed by atoms with van der Waals surface area (Å²) < 4.78 is 33.2. The number of cyclic esters (lactones) is 1. The van der Waals surface area contributed by atoms with Crippen molar-refractivity contribution < 1.29 is 48.0 Å². The van der Waals surface area contributed by atoms with Gasteiger partial charge in [0, 0.05) is 68.9 Å². The Morgan fingerprint density at radius 2 is 1.73 bits per heavy atom. The molecular formula is C54H79N3O10. The first-order chi connectivity index (χ1) is 32.0. The van der Waals surface area contributed by atoms with Crippen molar-refractivity contribution in [2.24, 2.45) is 36.6 Å². The Hall–Kier alpha value is -4.14. The van der Waals surface area contributed by atoms with Gasteiger partial charge in [0.2, 0.25) is 5.79 Å². The molecule has 13 nitrogen and oxygen atoms in total. The maximum absolute atomic E-state index is 14.6. The number of carbonyl (C=O) groups is 4. The fourth-order valence-electron chi connectivity index (χ4n) is 11.3. The van der Waals surface area contributed by atoms with Crippen molar-refractivity contribution in [3.8, 4) is 0 Å². The minimum absolute atomic E-state index is 0.0710. The lowest BCUT2D eigenvalue weighted by molar-refractivity contribution is -0.302. The third-order valence-electron chi connectivity index (χ3n) is 15.2. The summed E-state index contributed by atoms with van der Waals surface area (Å²) in [4.78, 5) is 58.7. The molecule has 4 heterocycles. The lowest BCUT2D eigenvalue weighted by Gasteiger charge is -2.47. The van der Waals surface area contributed by atoms with Gasteiger partial charge in [0.15, 0.2) is 0 Å². The number of Topliss-reactive ketones (excluding diaryl/α,β-unsaturated/α-hetero) is 2. The van der Waals surface area contributed by atoms with Gasteiger partial charge in [-0.3, -0.25) is 14.4 Å². The van der Waals surface area contributed by atoms with Crippen LogP contribution in [0, 0.1) is 29.6 Å². The van der Waals surface area contributed by atoms with Gasteiger partial charge in [-0.25, -0.2) is 4.79 Å². The number of hydrogen-bond donors (Lipinski definition) is 2. The molecule has 1 aliphatic carbocycles. The van der Waals surface area contributed by atoms with Gasteiger partial charge in [0.05, 0.1) is 31.0 Å². The molecule has 4 aliphatic rings. The second kappa shape index (κ2) is 23.4. The van der Waals surface area contributed by atoms with Crippen LogP contribution >= 0.6 is 0 Å². The number of fused-ring (bicyclic) bond motifs is 4. The van der Waals surface area contributed by atoms with E-state index in [4.69, 9.17) is 23.7 Å². The van der Waals surface area contributed by atoms with E-state index in [1.807, 2.05) is 34.7 Å². The summed E-state index contributed by atoms with van der Waals surface area (Å²) in [7, 11) is 5.16. The zero-order valence-corrected chi connectivity index (χ0v) is 41.7. The molecule has 2 saturated heterocycles. The van der Waals surface area contributed by atoms with Gasteiger partial charge in [-0.15, -0.1) is 6.58 Å². The summed E-state index contributed by atoms with van der Waals surface area (Å²) in [5.74, 6) is -6.15. The quantitative estimate of drug-likeness (QED) is 0.134. The number of nitrogens with zero attached hydrogens (tertiary/aromatic N) is 2. The van der Waals surface area contributed by atoms with Gasteiger partial charge in [-0.2, -0.15) is 0 Å². The molecule has 67 heavy (non-hydrogen) atoms. The molecule has 13 atom stereocenters. The van der Waals surface area contributed by atoms with Crippen LogP contribution in [0.15, 0.2) is 66.4 Å². The van der Waals surface area contributed by atoms with Crippen LogP contribution in [-0.2, 0) is 49.9 Å². The van der Waals surface area contributed by atoms with Gasteiger partial charge in [-0.05, 0) is 132 Å². The van der Waals surface area contributed by atoms with Crippen molar-refractivity contribution in [2.45, 2.75) is 167 Å². The van der Waals surface area contributed by atoms with Crippen molar-refractivity contribution in [1.29, 1.82) is 0 Å². The molecule has 1 amide bonds. The summed E-state index contributed by atoms with van der Waals surface area (Å²) in [6.07, 6.45) is 12.3. The van der Waals surface area contributed by atoms with Crippen LogP contribution in [0.4, 0.5) is 5.69 Å². The molecule has 0 radical (unpaired) electrons. The number of methoxy groups -OCH3 is 2. The molecule has 3 aliphatic heterocycles. The Kier molecular flexibility index (Phi) is 18.3. The number of aryl methyl sites for hydroxylation is 1. The summed E-state index contributed by atoms with van der Waals surface area (Å²) >= 11 is 0. The van der Waals surface area contributed by atoms with Crippen molar-refractivity contribution in [1.82, 2.24) is 9.47 Å². The third-order valence-corrected chi connectivity index (χ3v) is 15.2.